The maximum absolute atomic E-state index is 12.3. The lowest BCUT2D eigenvalue weighted by Gasteiger charge is -2.20. The SMILES string of the molecule is COc1cc(/C=C/C(=O)Nc2ccc(Cl)c(C(=O)N(C)C)c2)cc2c1OCCO2. The average Bonchev–Trinajstić information content (AvgIpc) is 2.72. The van der Waals surface area contributed by atoms with E-state index in [0.29, 0.717) is 46.7 Å². The average molecular weight is 417 g/mol. The third-order valence-electron chi connectivity index (χ3n) is 4.15. The fourth-order valence-corrected chi connectivity index (χ4v) is 2.95. The Bertz CT molecular complexity index is 955. The number of rotatable bonds is 5. The van der Waals surface area contributed by atoms with Gasteiger partial charge in [-0.2, -0.15) is 0 Å². The molecule has 1 heterocycles. The van der Waals surface area contributed by atoms with Crippen molar-refractivity contribution in [3.63, 3.8) is 0 Å². The van der Waals surface area contributed by atoms with Crippen LogP contribution in [0.3, 0.4) is 0 Å². The number of hydrogen-bond donors (Lipinski definition) is 1. The quantitative estimate of drug-likeness (QED) is 0.755. The summed E-state index contributed by atoms with van der Waals surface area (Å²) in [4.78, 5) is 25.9. The van der Waals surface area contributed by atoms with Gasteiger partial charge in [-0.05, 0) is 42.0 Å². The first-order chi connectivity index (χ1) is 13.9. The summed E-state index contributed by atoms with van der Waals surface area (Å²) in [5.74, 6) is 1.06. The van der Waals surface area contributed by atoms with Crippen LogP contribution in [0.25, 0.3) is 6.08 Å². The van der Waals surface area contributed by atoms with Gasteiger partial charge in [-0.3, -0.25) is 9.59 Å². The van der Waals surface area contributed by atoms with Gasteiger partial charge in [0, 0.05) is 25.9 Å². The van der Waals surface area contributed by atoms with Crippen LogP contribution in [0.1, 0.15) is 15.9 Å². The van der Waals surface area contributed by atoms with E-state index >= 15 is 0 Å². The van der Waals surface area contributed by atoms with Crippen LogP contribution < -0.4 is 19.5 Å². The Labute approximate surface area is 173 Å². The molecule has 8 heteroatoms. The van der Waals surface area contributed by atoms with Crippen LogP contribution in [0.15, 0.2) is 36.4 Å². The maximum atomic E-state index is 12.3. The lowest BCUT2D eigenvalue weighted by atomic mass is 10.1. The third-order valence-corrected chi connectivity index (χ3v) is 4.48. The summed E-state index contributed by atoms with van der Waals surface area (Å²) < 4.78 is 16.5. The summed E-state index contributed by atoms with van der Waals surface area (Å²) in [6.45, 7) is 0.911. The van der Waals surface area contributed by atoms with E-state index < -0.39 is 0 Å². The van der Waals surface area contributed by atoms with Gasteiger partial charge in [0.05, 0.1) is 17.7 Å². The molecule has 0 saturated heterocycles. The van der Waals surface area contributed by atoms with E-state index in [2.05, 4.69) is 5.32 Å². The molecule has 0 unspecified atom stereocenters. The van der Waals surface area contributed by atoms with Gasteiger partial charge in [0.25, 0.3) is 5.91 Å². The van der Waals surface area contributed by atoms with Gasteiger partial charge in [-0.15, -0.1) is 0 Å². The molecule has 152 valence electrons. The Hall–Kier alpha value is -3.19. The lowest BCUT2D eigenvalue weighted by Crippen LogP contribution is -2.22. The van der Waals surface area contributed by atoms with Crippen molar-refractivity contribution in [3.05, 3.63) is 52.6 Å². The number of carbonyl (C=O) groups is 2. The van der Waals surface area contributed by atoms with E-state index in [-0.39, 0.29) is 11.8 Å². The number of benzene rings is 2. The van der Waals surface area contributed by atoms with Gasteiger partial charge >= 0.3 is 0 Å². The monoisotopic (exact) mass is 416 g/mol. The Morgan fingerprint density at radius 2 is 1.93 bits per heavy atom. The van der Waals surface area contributed by atoms with Gasteiger partial charge < -0.3 is 24.4 Å². The van der Waals surface area contributed by atoms with Crippen molar-refractivity contribution in [1.29, 1.82) is 0 Å². The Kier molecular flexibility index (Phi) is 6.29. The zero-order valence-electron chi connectivity index (χ0n) is 16.3. The van der Waals surface area contributed by atoms with Crippen LogP contribution in [0.2, 0.25) is 5.02 Å². The van der Waals surface area contributed by atoms with Gasteiger partial charge in [-0.25, -0.2) is 0 Å². The van der Waals surface area contributed by atoms with E-state index in [9.17, 15) is 9.59 Å². The molecule has 0 aromatic heterocycles. The molecular formula is C21H21ClN2O5. The molecule has 2 aromatic rings. The fourth-order valence-electron chi connectivity index (χ4n) is 2.75. The van der Waals surface area contributed by atoms with Gasteiger partial charge in [0.1, 0.15) is 13.2 Å². The molecule has 1 aliphatic rings. The molecule has 3 rings (SSSR count). The van der Waals surface area contributed by atoms with E-state index in [0.717, 1.165) is 5.56 Å². The summed E-state index contributed by atoms with van der Waals surface area (Å²) in [5.41, 5.74) is 1.50. The highest BCUT2D eigenvalue weighted by Crippen LogP contribution is 2.40. The topological polar surface area (TPSA) is 77.1 Å². The fraction of sp³-hybridized carbons (Fsp3) is 0.238. The normalized spacial score (nSPS) is 12.6. The van der Waals surface area contributed by atoms with Gasteiger partial charge in [-0.1, -0.05) is 11.6 Å². The number of anilines is 1. The zero-order valence-corrected chi connectivity index (χ0v) is 17.1. The molecule has 0 spiro atoms. The highest BCUT2D eigenvalue weighted by molar-refractivity contribution is 6.34. The standard InChI is InChI=1S/C21H21ClN2O5/c1-24(2)21(26)15-12-14(5-6-16(15)22)23-19(25)7-4-13-10-17(27-3)20-18(11-13)28-8-9-29-20/h4-7,10-12H,8-9H2,1-3H3,(H,23,25)/b7-4+. The number of amides is 2. The Balaban J connectivity index is 1.75. The van der Waals surface area contributed by atoms with Crippen molar-refractivity contribution in [2.24, 2.45) is 0 Å². The second-order valence-electron chi connectivity index (χ2n) is 6.46. The summed E-state index contributed by atoms with van der Waals surface area (Å²) in [6, 6.07) is 8.28. The second kappa shape index (κ2) is 8.87. The van der Waals surface area contributed by atoms with E-state index in [4.69, 9.17) is 25.8 Å². The molecule has 0 saturated carbocycles. The minimum atomic E-state index is -0.357. The number of halogens is 1. The minimum absolute atomic E-state index is 0.245. The second-order valence-corrected chi connectivity index (χ2v) is 6.87. The number of fused-ring (bicyclic) bond motifs is 1. The first kappa shape index (κ1) is 20.5. The number of carbonyl (C=O) groups excluding carboxylic acids is 2. The summed E-state index contributed by atoms with van der Waals surface area (Å²) in [6.07, 6.45) is 3.02. The molecule has 2 aromatic carbocycles. The Morgan fingerprint density at radius 1 is 1.17 bits per heavy atom. The predicted molar refractivity (Wildman–Crippen MR) is 111 cm³/mol. The summed E-state index contributed by atoms with van der Waals surface area (Å²) in [5, 5.41) is 3.04. The number of nitrogens with one attached hydrogen (secondary N) is 1. The van der Waals surface area contributed by atoms with Crippen molar-refractivity contribution >= 4 is 35.2 Å². The van der Waals surface area contributed by atoms with E-state index in [1.807, 2.05) is 0 Å². The number of methoxy groups -OCH3 is 1. The molecule has 1 aliphatic heterocycles. The van der Waals surface area contributed by atoms with Crippen molar-refractivity contribution < 1.29 is 23.8 Å². The molecule has 0 bridgehead atoms. The molecule has 1 N–H and O–H groups in total. The largest absolute Gasteiger partial charge is 0.493 e. The summed E-state index contributed by atoms with van der Waals surface area (Å²) >= 11 is 6.09. The van der Waals surface area contributed by atoms with Crippen molar-refractivity contribution in [2.75, 3.05) is 39.7 Å². The van der Waals surface area contributed by atoms with Crippen LogP contribution in [0.4, 0.5) is 5.69 Å². The number of hydrogen-bond acceptors (Lipinski definition) is 5. The first-order valence-corrected chi connectivity index (χ1v) is 9.24. The van der Waals surface area contributed by atoms with Gasteiger partial charge in [0.2, 0.25) is 11.7 Å². The highest BCUT2D eigenvalue weighted by atomic mass is 35.5. The van der Waals surface area contributed by atoms with Crippen LogP contribution in [0.5, 0.6) is 17.2 Å². The van der Waals surface area contributed by atoms with Crippen LogP contribution in [0, 0.1) is 0 Å². The van der Waals surface area contributed by atoms with Gasteiger partial charge in [0.15, 0.2) is 11.5 Å². The van der Waals surface area contributed by atoms with Crippen LogP contribution in [-0.4, -0.2) is 51.1 Å². The predicted octanol–water partition coefficient (Wildman–Crippen LogP) is 3.47. The lowest BCUT2D eigenvalue weighted by molar-refractivity contribution is -0.111. The third kappa shape index (κ3) is 4.81. The van der Waals surface area contributed by atoms with Crippen molar-refractivity contribution in [2.45, 2.75) is 0 Å². The number of ether oxygens (including phenoxy) is 3. The molecule has 0 fully saturated rings. The molecule has 2 amide bonds. The Morgan fingerprint density at radius 3 is 2.66 bits per heavy atom. The van der Waals surface area contributed by atoms with Crippen molar-refractivity contribution in [1.82, 2.24) is 4.90 Å². The molecule has 7 nitrogen and oxygen atoms in total. The zero-order chi connectivity index (χ0) is 21.0. The van der Waals surface area contributed by atoms with Crippen molar-refractivity contribution in [3.8, 4) is 17.2 Å². The molecular weight excluding hydrogens is 396 g/mol. The molecule has 0 aliphatic carbocycles. The molecule has 0 atom stereocenters. The number of nitrogens with zero attached hydrogens (tertiary/aromatic N) is 1. The molecule has 0 radical (unpaired) electrons. The van der Waals surface area contributed by atoms with Crippen LogP contribution >= 0.6 is 11.6 Å². The minimum Gasteiger partial charge on any atom is -0.493 e. The van der Waals surface area contributed by atoms with Crippen LogP contribution in [-0.2, 0) is 4.79 Å². The van der Waals surface area contributed by atoms with E-state index in [1.165, 1.54) is 11.0 Å². The molecule has 29 heavy (non-hydrogen) atoms. The van der Waals surface area contributed by atoms with E-state index in [1.54, 1.807) is 57.6 Å². The highest BCUT2D eigenvalue weighted by Gasteiger charge is 2.18. The first-order valence-electron chi connectivity index (χ1n) is 8.87. The summed E-state index contributed by atoms with van der Waals surface area (Å²) in [7, 11) is 4.81. The maximum Gasteiger partial charge on any atom is 0.254 e. The smallest absolute Gasteiger partial charge is 0.254 e.